The van der Waals surface area contributed by atoms with Crippen LogP contribution in [0.2, 0.25) is 0 Å². The molecule has 0 saturated carbocycles. The highest BCUT2D eigenvalue weighted by molar-refractivity contribution is 5.83. The molecule has 0 saturated heterocycles. The van der Waals surface area contributed by atoms with Crippen molar-refractivity contribution in [1.82, 2.24) is 5.16 Å². The monoisotopic (exact) mass is 391 g/mol. The van der Waals surface area contributed by atoms with Gasteiger partial charge < -0.3 is 14.0 Å². The molecule has 0 N–H and O–H groups in total. The number of halogens is 1. The average Bonchev–Trinajstić information content (AvgIpc) is 3.11. The van der Waals surface area contributed by atoms with Crippen molar-refractivity contribution in [2.75, 3.05) is 6.61 Å². The van der Waals surface area contributed by atoms with E-state index in [1.54, 1.807) is 12.1 Å². The van der Waals surface area contributed by atoms with Gasteiger partial charge in [-0.2, -0.15) is 0 Å². The van der Waals surface area contributed by atoms with E-state index in [2.05, 4.69) is 5.16 Å². The molecule has 4 aromatic rings. The Kier molecular flexibility index (Phi) is 5.24. The lowest BCUT2D eigenvalue weighted by atomic mass is 10.1. The maximum absolute atomic E-state index is 13.1. The van der Waals surface area contributed by atoms with Crippen molar-refractivity contribution in [3.63, 3.8) is 0 Å². The van der Waals surface area contributed by atoms with Crippen molar-refractivity contribution < 1.29 is 23.2 Å². The third-order valence-electron chi connectivity index (χ3n) is 4.57. The predicted octanol–water partition coefficient (Wildman–Crippen LogP) is 5.06. The van der Waals surface area contributed by atoms with Gasteiger partial charge in [-0.25, -0.2) is 9.18 Å². The fourth-order valence-corrected chi connectivity index (χ4v) is 2.96. The van der Waals surface area contributed by atoms with Gasteiger partial charge in [0.2, 0.25) is 0 Å². The lowest BCUT2D eigenvalue weighted by Crippen LogP contribution is -2.15. The number of aromatic nitrogens is 1. The van der Waals surface area contributed by atoms with E-state index in [1.165, 1.54) is 12.1 Å². The first-order valence-corrected chi connectivity index (χ1v) is 9.08. The number of hydrogen-bond donors (Lipinski definition) is 0. The summed E-state index contributed by atoms with van der Waals surface area (Å²) in [5, 5.41) is 6.08. The zero-order chi connectivity index (χ0) is 20.2. The molecule has 5 nitrogen and oxygen atoms in total. The van der Waals surface area contributed by atoms with Crippen LogP contribution in [-0.4, -0.2) is 17.7 Å². The summed E-state index contributed by atoms with van der Waals surface area (Å²) in [7, 11) is 0. The Hall–Kier alpha value is -3.67. The fourth-order valence-electron chi connectivity index (χ4n) is 2.96. The number of esters is 1. The molecule has 0 atom stereocenters. The summed E-state index contributed by atoms with van der Waals surface area (Å²) in [4.78, 5) is 12.0. The zero-order valence-corrected chi connectivity index (χ0v) is 15.7. The SMILES string of the molecule is Cc1c(COC(=O)COc2ccc3ccccc3c2)noc1-c1ccc(F)cc1. The standard InChI is InChI=1S/C23H18FNO4/c1-15-21(25-29-23(15)17-6-9-19(24)10-7-17)13-28-22(26)14-27-20-11-8-16-4-2-3-5-18(16)12-20/h2-12H,13-14H2,1H3. The quantitative estimate of drug-likeness (QED) is 0.430. The van der Waals surface area contributed by atoms with E-state index < -0.39 is 5.97 Å². The zero-order valence-electron chi connectivity index (χ0n) is 15.7. The van der Waals surface area contributed by atoms with Crippen LogP contribution >= 0.6 is 0 Å². The summed E-state index contributed by atoms with van der Waals surface area (Å²) in [6, 6.07) is 19.4. The second kappa shape index (κ2) is 8.14. The smallest absolute Gasteiger partial charge is 0.344 e. The molecule has 0 aliphatic rings. The molecule has 4 rings (SSSR count). The summed E-state index contributed by atoms with van der Waals surface area (Å²) in [5.74, 6) is 0.274. The molecule has 1 aromatic heterocycles. The predicted molar refractivity (Wildman–Crippen MR) is 106 cm³/mol. The molecule has 146 valence electrons. The van der Waals surface area contributed by atoms with Crippen LogP contribution in [0.3, 0.4) is 0 Å². The Labute approximate surface area is 166 Å². The molecule has 0 aliphatic heterocycles. The molecule has 0 amide bonds. The van der Waals surface area contributed by atoms with Gasteiger partial charge in [0.05, 0.1) is 0 Å². The van der Waals surface area contributed by atoms with Crippen LogP contribution in [0.1, 0.15) is 11.3 Å². The first kappa shape index (κ1) is 18.7. The molecule has 0 spiro atoms. The molecule has 0 unspecified atom stereocenters. The van der Waals surface area contributed by atoms with Crippen molar-refractivity contribution in [1.29, 1.82) is 0 Å². The molecule has 0 fully saturated rings. The number of rotatable bonds is 6. The Morgan fingerprint density at radius 3 is 2.59 bits per heavy atom. The number of benzene rings is 3. The van der Waals surface area contributed by atoms with Crippen LogP contribution in [0.5, 0.6) is 5.75 Å². The lowest BCUT2D eigenvalue weighted by Gasteiger charge is -2.07. The first-order valence-electron chi connectivity index (χ1n) is 9.08. The molecule has 29 heavy (non-hydrogen) atoms. The van der Waals surface area contributed by atoms with Crippen molar-refractivity contribution in [2.24, 2.45) is 0 Å². The van der Waals surface area contributed by atoms with Crippen LogP contribution in [0.15, 0.2) is 71.3 Å². The van der Waals surface area contributed by atoms with Gasteiger partial charge in [-0.3, -0.25) is 0 Å². The van der Waals surface area contributed by atoms with Gasteiger partial charge in [-0.1, -0.05) is 35.5 Å². The number of hydrogen-bond acceptors (Lipinski definition) is 5. The molecular formula is C23H18FNO4. The summed E-state index contributed by atoms with van der Waals surface area (Å²) in [5.41, 5.74) is 1.94. The minimum Gasteiger partial charge on any atom is -0.482 e. The van der Waals surface area contributed by atoms with E-state index >= 15 is 0 Å². The van der Waals surface area contributed by atoms with E-state index in [-0.39, 0.29) is 19.0 Å². The van der Waals surface area contributed by atoms with Gasteiger partial charge in [0, 0.05) is 11.1 Å². The summed E-state index contributed by atoms with van der Waals surface area (Å²) in [6.07, 6.45) is 0. The highest BCUT2D eigenvalue weighted by Crippen LogP contribution is 2.26. The van der Waals surface area contributed by atoms with Crippen LogP contribution in [0.4, 0.5) is 4.39 Å². The third kappa shape index (κ3) is 4.27. The molecule has 0 aliphatic carbocycles. The van der Waals surface area contributed by atoms with E-state index in [4.69, 9.17) is 14.0 Å². The molecule has 1 heterocycles. The largest absolute Gasteiger partial charge is 0.482 e. The van der Waals surface area contributed by atoms with Gasteiger partial charge >= 0.3 is 5.97 Å². The molecular weight excluding hydrogens is 373 g/mol. The van der Waals surface area contributed by atoms with Crippen LogP contribution in [0.25, 0.3) is 22.1 Å². The Bertz CT molecular complexity index is 1150. The maximum Gasteiger partial charge on any atom is 0.344 e. The van der Waals surface area contributed by atoms with Gasteiger partial charge in [0.25, 0.3) is 0 Å². The second-order valence-corrected chi connectivity index (χ2v) is 6.55. The summed E-state index contributed by atoms with van der Waals surface area (Å²) < 4.78 is 29.2. The number of fused-ring (bicyclic) bond motifs is 1. The van der Waals surface area contributed by atoms with Gasteiger partial charge in [-0.05, 0) is 54.1 Å². The Balaban J connectivity index is 1.34. The number of carbonyl (C=O) groups is 1. The van der Waals surface area contributed by atoms with E-state index in [9.17, 15) is 9.18 Å². The second-order valence-electron chi connectivity index (χ2n) is 6.55. The topological polar surface area (TPSA) is 61.6 Å². The van der Waals surface area contributed by atoms with Crippen LogP contribution in [0, 0.1) is 12.7 Å². The van der Waals surface area contributed by atoms with E-state index in [0.717, 1.165) is 16.3 Å². The van der Waals surface area contributed by atoms with Crippen LogP contribution in [-0.2, 0) is 16.1 Å². The van der Waals surface area contributed by atoms with Gasteiger partial charge in [0.1, 0.15) is 23.9 Å². The van der Waals surface area contributed by atoms with E-state index in [0.29, 0.717) is 22.8 Å². The minimum atomic E-state index is -0.510. The number of carbonyl (C=O) groups excluding carboxylic acids is 1. The summed E-state index contributed by atoms with van der Waals surface area (Å²) >= 11 is 0. The first-order chi connectivity index (χ1) is 14.1. The fraction of sp³-hybridized carbons (Fsp3) is 0.130. The average molecular weight is 391 g/mol. The van der Waals surface area contributed by atoms with Gasteiger partial charge in [-0.15, -0.1) is 0 Å². The maximum atomic E-state index is 13.1. The van der Waals surface area contributed by atoms with Gasteiger partial charge in [0.15, 0.2) is 12.4 Å². The highest BCUT2D eigenvalue weighted by atomic mass is 19.1. The molecule has 0 bridgehead atoms. The third-order valence-corrected chi connectivity index (χ3v) is 4.57. The molecule has 6 heteroatoms. The Morgan fingerprint density at radius 1 is 1.03 bits per heavy atom. The van der Waals surface area contributed by atoms with E-state index in [1.807, 2.05) is 49.4 Å². The van der Waals surface area contributed by atoms with Crippen molar-refractivity contribution in [3.05, 3.63) is 83.8 Å². The summed E-state index contributed by atoms with van der Waals surface area (Å²) in [6.45, 7) is 1.57. The number of nitrogens with zero attached hydrogens (tertiary/aromatic N) is 1. The minimum absolute atomic E-state index is 0.0313. The van der Waals surface area contributed by atoms with Crippen molar-refractivity contribution in [3.8, 4) is 17.1 Å². The van der Waals surface area contributed by atoms with Crippen LogP contribution < -0.4 is 4.74 Å². The van der Waals surface area contributed by atoms with Crippen molar-refractivity contribution in [2.45, 2.75) is 13.5 Å². The highest BCUT2D eigenvalue weighted by Gasteiger charge is 2.16. The number of ether oxygens (including phenoxy) is 2. The lowest BCUT2D eigenvalue weighted by molar-refractivity contribution is -0.147. The Morgan fingerprint density at radius 2 is 1.79 bits per heavy atom. The molecule has 0 radical (unpaired) electrons. The van der Waals surface area contributed by atoms with Crippen molar-refractivity contribution >= 4 is 16.7 Å². The molecule has 3 aromatic carbocycles. The normalized spacial score (nSPS) is 10.8.